The Bertz CT molecular complexity index is 751. The van der Waals surface area contributed by atoms with E-state index in [1.807, 2.05) is 7.05 Å². The van der Waals surface area contributed by atoms with Gasteiger partial charge in [-0.2, -0.15) is 0 Å². The van der Waals surface area contributed by atoms with Crippen molar-refractivity contribution >= 4 is 29.9 Å². The lowest BCUT2D eigenvalue weighted by Gasteiger charge is -2.57. The Morgan fingerprint density at radius 2 is 1.94 bits per heavy atom. The summed E-state index contributed by atoms with van der Waals surface area (Å²) >= 11 is 0. The van der Waals surface area contributed by atoms with Gasteiger partial charge in [0.05, 0.1) is 6.10 Å². The third-order valence-electron chi connectivity index (χ3n) is 8.39. The smallest absolute Gasteiger partial charge is 0.191 e. The molecule has 6 heteroatoms. The topological polar surface area (TPSA) is 48.9 Å². The first-order chi connectivity index (χ1) is 14.7. The van der Waals surface area contributed by atoms with Crippen molar-refractivity contribution < 1.29 is 4.74 Å². The molecule has 2 heterocycles. The van der Waals surface area contributed by atoms with Crippen LogP contribution in [0.3, 0.4) is 0 Å². The number of rotatable bonds is 4. The van der Waals surface area contributed by atoms with Gasteiger partial charge in [-0.15, -0.1) is 24.0 Å². The molecular weight excluding hydrogens is 499 g/mol. The van der Waals surface area contributed by atoms with E-state index in [1.54, 1.807) is 0 Å². The summed E-state index contributed by atoms with van der Waals surface area (Å²) in [5.74, 6) is 1.68. The molecule has 0 bridgehead atoms. The minimum atomic E-state index is 0. The van der Waals surface area contributed by atoms with Gasteiger partial charge < -0.3 is 15.4 Å². The molecular formula is C25H39IN4O. The first-order valence-electron chi connectivity index (χ1n) is 12.1. The Hall–Kier alpha value is -0.860. The van der Waals surface area contributed by atoms with Crippen LogP contribution in [-0.4, -0.2) is 55.3 Å². The Morgan fingerprint density at radius 1 is 1.16 bits per heavy atom. The average Bonchev–Trinajstić information content (AvgIpc) is 3.43. The zero-order chi connectivity index (χ0) is 20.6. The highest BCUT2D eigenvalue weighted by molar-refractivity contribution is 14.0. The van der Waals surface area contributed by atoms with Crippen molar-refractivity contribution in [2.75, 3.05) is 20.2 Å². The van der Waals surface area contributed by atoms with E-state index in [-0.39, 0.29) is 24.0 Å². The van der Waals surface area contributed by atoms with Crippen molar-refractivity contribution in [3.8, 4) is 0 Å². The number of aliphatic imine (C=N–C) groups is 1. The average molecular weight is 539 g/mol. The molecule has 0 radical (unpaired) electrons. The van der Waals surface area contributed by atoms with Gasteiger partial charge in [0.2, 0.25) is 0 Å². The maximum absolute atomic E-state index is 6.15. The van der Waals surface area contributed by atoms with Crippen molar-refractivity contribution in [2.45, 2.75) is 82.6 Å². The molecule has 2 aliphatic heterocycles. The number of halogens is 1. The maximum Gasteiger partial charge on any atom is 0.191 e. The van der Waals surface area contributed by atoms with Gasteiger partial charge in [-0.1, -0.05) is 43.2 Å². The molecule has 172 valence electrons. The summed E-state index contributed by atoms with van der Waals surface area (Å²) in [6.07, 6.45) is 9.38. The lowest BCUT2D eigenvalue weighted by atomic mass is 9.54. The van der Waals surface area contributed by atoms with Crippen LogP contribution in [0.15, 0.2) is 35.3 Å². The molecule has 5 rings (SSSR count). The molecule has 1 spiro atoms. The molecule has 5 unspecified atom stereocenters. The van der Waals surface area contributed by atoms with Gasteiger partial charge in [-0.3, -0.25) is 9.89 Å². The lowest BCUT2D eigenvalue weighted by Crippen LogP contribution is -2.69. The number of likely N-dealkylation sites (tertiary alicyclic amines) is 1. The summed E-state index contributed by atoms with van der Waals surface area (Å²) in [5, 5.41) is 7.64. The van der Waals surface area contributed by atoms with E-state index in [4.69, 9.17) is 4.74 Å². The van der Waals surface area contributed by atoms with Crippen molar-refractivity contribution in [1.82, 2.24) is 15.5 Å². The molecule has 1 aromatic rings. The normalized spacial score (nSPS) is 34.6. The number of piperidine rings is 1. The number of ether oxygens (including phenoxy) is 1. The van der Waals surface area contributed by atoms with Gasteiger partial charge in [-0.05, 0) is 44.6 Å². The molecule has 5 nitrogen and oxygen atoms in total. The molecule has 1 aromatic carbocycles. The van der Waals surface area contributed by atoms with Crippen molar-refractivity contribution in [3.05, 3.63) is 35.9 Å². The largest absolute Gasteiger partial charge is 0.377 e. The number of hydrogen-bond acceptors (Lipinski definition) is 3. The number of benzene rings is 1. The van der Waals surface area contributed by atoms with Gasteiger partial charge in [0.15, 0.2) is 5.96 Å². The fraction of sp³-hybridized carbons (Fsp3) is 0.720. The maximum atomic E-state index is 6.15. The summed E-state index contributed by atoms with van der Waals surface area (Å²) in [5.41, 5.74) is 1.78. The second-order valence-electron chi connectivity index (χ2n) is 10.0. The summed E-state index contributed by atoms with van der Waals surface area (Å²) in [6.45, 7) is 5.50. The summed E-state index contributed by atoms with van der Waals surface area (Å²) in [7, 11) is 1.92. The zero-order valence-electron chi connectivity index (χ0n) is 19.1. The SMILES string of the molecule is CN=C(NC1CCN(Cc2ccccc2)C(C)C1)NC1C2CCOC2C12CCCC2.I. The number of nitrogens with one attached hydrogen (secondary N) is 2. The number of hydrogen-bond donors (Lipinski definition) is 2. The third kappa shape index (κ3) is 4.49. The fourth-order valence-corrected chi connectivity index (χ4v) is 6.82. The van der Waals surface area contributed by atoms with Crippen LogP contribution in [0.5, 0.6) is 0 Å². The van der Waals surface area contributed by atoms with Gasteiger partial charge in [-0.25, -0.2) is 0 Å². The van der Waals surface area contributed by atoms with E-state index < -0.39 is 0 Å². The molecule has 0 amide bonds. The summed E-state index contributed by atoms with van der Waals surface area (Å²) in [6, 6.07) is 12.5. The van der Waals surface area contributed by atoms with E-state index in [2.05, 4.69) is 57.8 Å². The van der Waals surface area contributed by atoms with Crippen LogP contribution in [0.25, 0.3) is 0 Å². The third-order valence-corrected chi connectivity index (χ3v) is 8.39. The Labute approximate surface area is 204 Å². The second kappa shape index (κ2) is 9.96. The predicted octanol–water partition coefficient (Wildman–Crippen LogP) is 4.17. The molecule has 4 aliphatic rings. The monoisotopic (exact) mass is 538 g/mol. The fourth-order valence-electron chi connectivity index (χ4n) is 6.82. The van der Waals surface area contributed by atoms with Crippen LogP contribution in [0.1, 0.15) is 57.4 Å². The minimum Gasteiger partial charge on any atom is -0.377 e. The van der Waals surface area contributed by atoms with E-state index in [1.165, 1.54) is 50.5 Å². The van der Waals surface area contributed by atoms with Crippen LogP contribution >= 0.6 is 24.0 Å². The van der Waals surface area contributed by atoms with Gasteiger partial charge in [0.1, 0.15) is 0 Å². The molecule has 31 heavy (non-hydrogen) atoms. The molecule has 4 fully saturated rings. The standard InChI is InChI=1S/C25H38N4O.HI/c1-18-16-20(10-14-29(18)17-19-8-4-3-5-9-19)27-24(26-2)28-22-21-11-15-30-23(21)25(22)12-6-7-13-25;/h3-5,8-9,18,20-23H,6-7,10-17H2,1-2H3,(H2,26,27,28);1H. The van der Waals surface area contributed by atoms with Crippen LogP contribution in [0.2, 0.25) is 0 Å². The molecule has 2 N–H and O–H groups in total. The van der Waals surface area contributed by atoms with Crippen molar-refractivity contribution in [1.29, 1.82) is 0 Å². The first kappa shape index (κ1) is 23.3. The first-order valence-corrected chi connectivity index (χ1v) is 12.1. The quantitative estimate of drug-likeness (QED) is 0.344. The van der Waals surface area contributed by atoms with E-state index in [9.17, 15) is 0 Å². The second-order valence-corrected chi connectivity index (χ2v) is 10.0. The minimum absolute atomic E-state index is 0. The highest BCUT2D eigenvalue weighted by atomic mass is 127. The highest BCUT2D eigenvalue weighted by Gasteiger charge is 2.65. The zero-order valence-corrected chi connectivity index (χ0v) is 21.4. The molecule has 2 aliphatic carbocycles. The summed E-state index contributed by atoms with van der Waals surface area (Å²) in [4.78, 5) is 7.24. The van der Waals surface area contributed by atoms with Gasteiger partial charge in [0, 0.05) is 56.2 Å². The molecule has 2 saturated heterocycles. The Kier molecular flexibility index (Phi) is 7.48. The van der Waals surface area contributed by atoms with E-state index in [0.29, 0.717) is 35.6 Å². The number of nitrogens with zero attached hydrogens (tertiary/aromatic N) is 2. The number of fused-ring (bicyclic) bond motifs is 2. The van der Waals surface area contributed by atoms with E-state index >= 15 is 0 Å². The van der Waals surface area contributed by atoms with Crippen molar-refractivity contribution in [3.63, 3.8) is 0 Å². The van der Waals surface area contributed by atoms with E-state index in [0.717, 1.165) is 25.7 Å². The van der Waals surface area contributed by atoms with Crippen LogP contribution in [-0.2, 0) is 11.3 Å². The van der Waals surface area contributed by atoms with Gasteiger partial charge in [0.25, 0.3) is 0 Å². The molecule has 2 saturated carbocycles. The summed E-state index contributed by atoms with van der Waals surface area (Å²) < 4.78 is 6.15. The number of guanidine groups is 1. The molecule has 0 aromatic heterocycles. The predicted molar refractivity (Wildman–Crippen MR) is 137 cm³/mol. The van der Waals surface area contributed by atoms with Crippen LogP contribution in [0, 0.1) is 11.3 Å². The Morgan fingerprint density at radius 3 is 2.65 bits per heavy atom. The lowest BCUT2D eigenvalue weighted by molar-refractivity contribution is -0.125. The molecule has 5 atom stereocenters. The van der Waals surface area contributed by atoms with Crippen molar-refractivity contribution in [2.24, 2.45) is 16.3 Å². The highest BCUT2D eigenvalue weighted by Crippen LogP contribution is 2.60. The van der Waals surface area contributed by atoms with Crippen LogP contribution in [0.4, 0.5) is 0 Å². The Balaban J connectivity index is 0.00000231. The van der Waals surface area contributed by atoms with Gasteiger partial charge >= 0.3 is 0 Å². The van der Waals surface area contributed by atoms with Crippen LogP contribution < -0.4 is 10.6 Å².